The van der Waals surface area contributed by atoms with Crippen LogP contribution in [0.3, 0.4) is 0 Å². The van der Waals surface area contributed by atoms with Crippen molar-refractivity contribution in [3.05, 3.63) is 69.4 Å². The first-order valence-corrected chi connectivity index (χ1v) is 8.26. The third kappa shape index (κ3) is 3.72. The Morgan fingerprint density at radius 1 is 1.14 bits per heavy atom. The van der Waals surface area contributed by atoms with Gasteiger partial charge in [-0.05, 0) is 67.1 Å². The molecule has 1 atom stereocenters. The van der Waals surface area contributed by atoms with Crippen LogP contribution in [0.4, 0.5) is 4.39 Å². The molecule has 0 radical (unpaired) electrons. The van der Waals surface area contributed by atoms with E-state index >= 15 is 0 Å². The second kappa shape index (κ2) is 6.71. The number of fused-ring (bicyclic) bond motifs is 1. The predicted molar refractivity (Wildman–Crippen MR) is 88.1 cm³/mol. The Balaban J connectivity index is 1.53. The van der Waals surface area contributed by atoms with Crippen LogP contribution >= 0.6 is 15.9 Å². The smallest absolute Gasteiger partial charge is 0.126 e. The number of rotatable bonds is 4. The second-order valence-corrected chi connectivity index (χ2v) is 6.56. The van der Waals surface area contributed by atoms with Crippen molar-refractivity contribution in [2.45, 2.75) is 31.7 Å². The molecule has 1 aliphatic rings. The van der Waals surface area contributed by atoms with Gasteiger partial charge in [-0.15, -0.1) is 0 Å². The lowest BCUT2D eigenvalue weighted by Crippen LogP contribution is -2.35. The Labute approximate surface area is 133 Å². The maximum atomic E-state index is 13.6. The molecule has 0 heterocycles. The van der Waals surface area contributed by atoms with Crippen molar-refractivity contribution in [1.29, 1.82) is 0 Å². The maximum Gasteiger partial charge on any atom is 0.126 e. The fraction of sp³-hybridized carbons (Fsp3) is 0.333. The van der Waals surface area contributed by atoms with E-state index in [4.69, 9.17) is 0 Å². The van der Waals surface area contributed by atoms with E-state index in [0.29, 0.717) is 6.04 Å². The van der Waals surface area contributed by atoms with E-state index in [1.54, 1.807) is 6.07 Å². The van der Waals surface area contributed by atoms with Gasteiger partial charge in [0.15, 0.2) is 0 Å². The SMILES string of the molecule is Fc1ccccc1CCNC1CCc2cc(Br)ccc2C1. The Kier molecular flexibility index (Phi) is 4.71. The van der Waals surface area contributed by atoms with E-state index in [-0.39, 0.29) is 5.82 Å². The molecule has 1 nitrogen and oxygen atoms in total. The summed E-state index contributed by atoms with van der Waals surface area (Å²) in [7, 11) is 0. The second-order valence-electron chi connectivity index (χ2n) is 5.65. The molecule has 2 aromatic carbocycles. The molecule has 1 N–H and O–H groups in total. The Morgan fingerprint density at radius 3 is 2.86 bits per heavy atom. The average molecular weight is 348 g/mol. The van der Waals surface area contributed by atoms with Gasteiger partial charge >= 0.3 is 0 Å². The first-order valence-electron chi connectivity index (χ1n) is 7.46. The summed E-state index contributed by atoms with van der Waals surface area (Å²) < 4.78 is 14.7. The lowest BCUT2D eigenvalue weighted by Gasteiger charge is -2.26. The molecule has 3 heteroatoms. The van der Waals surface area contributed by atoms with Crippen molar-refractivity contribution >= 4 is 15.9 Å². The van der Waals surface area contributed by atoms with Crippen molar-refractivity contribution in [3.63, 3.8) is 0 Å². The van der Waals surface area contributed by atoms with Crippen molar-refractivity contribution in [1.82, 2.24) is 5.32 Å². The molecular weight excluding hydrogens is 329 g/mol. The lowest BCUT2D eigenvalue weighted by atomic mass is 9.88. The molecule has 0 bridgehead atoms. The summed E-state index contributed by atoms with van der Waals surface area (Å²) in [5, 5.41) is 3.57. The third-order valence-corrected chi connectivity index (χ3v) is 4.68. The van der Waals surface area contributed by atoms with Crippen LogP contribution in [-0.4, -0.2) is 12.6 Å². The molecule has 1 aliphatic carbocycles. The summed E-state index contributed by atoms with van der Waals surface area (Å²) in [6.45, 7) is 0.831. The van der Waals surface area contributed by atoms with Gasteiger partial charge in [-0.2, -0.15) is 0 Å². The molecule has 0 aliphatic heterocycles. The number of nitrogens with one attached hydrogen (secondary N) is 1. The number of hydrogen-bond donors (Lipinski definition) is 1. The highest BCUT2D eigenvalue weighted by Crippen LogP contribution is 2.24. The summed E-state index contributed by atoms with van der Waals surface area (Å²) >= 11 is 3.53. The molecule has 0 saturated carbocycles. The van der Waals surface area contributed by atoms with Gasteiger partial charge in [-0.25, -0.2) is 4.39 Å². The van der Waals surface area contributed by atoms with Crippen LogP contribution < -0.4 is 5.32 Å². The minimum absolute atomic E-state index is 0.0989. The topological polar surface area (TPSA) is 12.0 Å². The summed E-state index contributed by atoms with van der Waals surface area (Å²) in [6.07, 6.45) is 4.09. The molecule has 0 saturated heterocycles. The van der Waals surface area contributed by atoms with Crippen LogP contribution in [0.2, 0.25) is 0 Å². The monoisotopic (exact) mass is 347 g/mol. The van der Waals surface area contributed by atoms with Gasteiger partial charge in [-0.3, -0.25) is 0 Å². The van der Waals surface area contributed by atoms with Crippen molar-refractivity contribution < 1.29 is 4.39 Å². The van der Waals surface area contributed by atoms with Crippen LogP contribution in [-0.2, 0) is 19.3 Å². The highest BCUT2D eigenvalue weighted by Gasteiger charge is 2.18. The van der Waals surface area contributed by atoms with Crippen LogP contribution in [0.1, 0.15) is 23.1 Å². The van der Waals surface area contributed by atoms with Crippen molar-refractivity contribution in [3.8, 4) is 0 Å². The largest absolute Gasteiger partial charge is 0.313 e. The highest BCUT2D eigenvalue weighted by molar-refractivity contribution is 9.10. The number of halogens is 2. The summed E-state index contributed by atoms with van der Waals surface area (Å²) in [6, 6.07) is 14.1. The van der Waals surface area contributed by atoms with Crippen LogP contribution in [0.5, 0.6) is 0 Å². The fourth-order valence-electron chi connectivity index (χ4n) is 3.01. The average Bonchev–Trinajstić information content (AvgIpc) is 2.49. The molecule has 2 aromatic rings. The van der Waals surface area contributed by atoms with Crippen molar-refractivity contribution in [2.24, 2.45) is 0 Å². The van der Waals surface area contributed by atoms with Crippen LogP contribution in [0, 0.1) is 5.82 Å². The molecule has 0 amide bonds. The lowest BCUT2D eigenvalue weighted by molar-refractivity contribution is 0.459. The summed E-state index contributed by atoms with van der Waals surface area (Å²) in [5.74, 6) is -0.0989. The van der Waals surface area contributed by atoms with Gasteiger partial charge in [0.25, 0.3) is 0 Å². The Bertz CT molecular complexity index is 626. The van der Waals surface area contributed by atoms with Gasteiger partial charge in [0.2, 0.25) is 0 Å². The molecule has 21 heavy (non-hydrogen) atoms. The van der Waals surface area contributed by atoms with Gasteiger partial charge < -0.3 is 5.32 Å². The number of benzene rings is 2. The molecule has 110 valence electrons. The van der Waals surface area contributed by atoms with Crippen LogP contribution in [0.25, 0.3) is 0 Å². The minimum atomic E-state index is -0.0989. The molecule has 1 unspecified atom stereocenters. The van der Waals surface area contributed by atoms with Crippen molar-refractivity contribution in [2.75, 3.05) is 6.54 Å². The molecule has 0 aromatic heterocycles. The van der Waals surface area contributed by atoms with E-state index in [9.17, 15) is 4.39 Å². The van der Waals surface area contributed by atoms with E-state index in [1.165, 1.54) is 17.2 Å². The van der Waals surface area contributed by atoms with E-state index < -0.39 is 0 Å². The standard InChI is InChI=1S/C18H19BrFN/c19-16-7-5-15-12-17(8-6-14(15)11-16)21-10-9-13-3-1-2-4-18(13)20/h1-5,7,11,17,21H,6,8-10,12H2. The maximum absolute atomic E-state index is 13.6. The summed E-state index contributed by atoms with van der Waals surface area (Å²) in [5.41, 5.74) is 3.69. The zero-order valence-corrected chi connectivity index (χ0v) is 13.5. The zero-order chi connectivity index (χ0) is 14.7. The highest BCUT2D eigenvalue weighted by atomic mass is 79.9. The van der Waals surface area contributed by atoms with Crippen LogP contribution in [0.15, 0.2) is 46.9 Å². The molecule has 0 spiro atoms. The summed E-state index contributed by atoms with van der Waals surface area (Å²) in [4.78, 5) is 0. The van der Waals surface area contributed by atoms with Gasteiger partial charge in [-0.1, -0.05) is 40.2 Å². The van der Waals surface area contributed by atoms with E-state index in [0.717, 1.165) is 42.3 Å². The molecule has 3 rings (SSSR count). The first-order chi connectivity index (χ1) is 10.2. The first kappa shape index (κ1) is 14.7. The Hall–Kier alpha value is -1.19. The normalized spacial score (nSPS) is 17.5. The fourth-order valence-corrected chi connectivity index (χ4v) is 3.42. The van der Waals surface area contributed by atoms with Gasteiger partial charge in [0.05, 0.1) is 0 Å². The third-order valence-electron chi connectivity index (χ3n) is 4.18. The zero-order valence-electron chi connectivity index (χ0n) is 11.9. The molecular formula is C18H19BrFN. The molecule has 0 fully saturated rings. The van der Waals surface area contributed by atoms with E-state index in [1.807, 2.05) is 12.1 Å². The minimum Gasteiger partial charge on any atom is -0.313 e. The van der Waals surface area contributed by atoms with Gasteiger partial charge in [0.1, 0.15) is 5.82 Å². The van der Waals surface area contributed by atoms with Gasteiger partial charge in [0, 0.05) is 10.5 Å². The van der Waals surface area contributed by atoms with E-state index in [2.05, 4.69) is 39.4 Å². The predicted octanol–water partition coefficient (Wildman–Crippen LogP) is 4.28. The quantitative estimate of drug-likeness (QED) is 0.870. The number of aryl methyl sites for hydroxylation is 1. The number of hydrogen-bond acceptors (Lipinski definition) is 1. The Morgan fingerprint density at radius 2 is 2.00 bits per heavy atom.